The lowest BCUT2D eigenvalue weighted by molar-refractivity contribution is 0.0868. The summed E-state index contributed by atoms with van der Waals surface area (Å²) in [7, 11) is 0. The first-order valence-corrected chi connectivity index (χ1v) is 8.14. The van der Waals surface area contributed by atoms with Crippen LogP contribution in [0.5, 0.6) is 0 Å². The molecule has 0 spiro atoms. The predicted octanol–water partition coefficient (Wildman–Crippen LogP) is 2.62. The average molecular weight is 303 g/mol. The number of hydrogen-bond donors (Lipinski definition) is 3. The largest absolute Gasteiger partial charge is 0.391 e. The molecule has 0 bridgehead atoms. The molecule has 0 saturated carbocycles. The fraction of sp³-hybridized carbons (Fsp3) is 0.400. The third kappa shape index (κ3) is 2.66. The molecule has 3 N–H and O–H groups in total. The summed E-state index contributed by atoms with van der Waals surface area (Å²) in [6.45, 7) is 0.398. The first kappa shape index (κ1) is 13.2. The van der Waals surface area contributed by atoms with E-state index >= 15 is 0 Å². The molecule has 0 radical (unpaired) electrons. The number of benzene rings is 1. The fourth-order valence-electron chi connectivity index (χ4n) is 2.80. The summed E-state index contributed by atoms with van der Waals surface area (Å²) in [6.07, 6.45) is 1.30. The fourth-order valence-corrected chi connectivity index (χ4v) is 3.86. The van der Waals surface area contributed by atoms with Crippen LogP contribution >= 0.6 is 11.8 Å². The number of ether oxygens (including phenoxy) is 1. The van der Waals surface area contributed by atoms with E-state index in [2.05, 4.69) is 33.7 Å². The molecule has 1 saturated heterocycles. The van der Waals surface area contributed by atoms with Crippen LogP contribution in [0.1, 0.15) is 23.8 Å². The number of nitrogens with one attached hydrogen (secondary N) is 2. The van der Waals surface area contributed by atoms with Crippen molar-refractivity contribution in [3.63, 3.8) is 0 Å². The van der Waals surface area contributed by atoms with E-state index in [0.29, 0.717) is 13.0 Å². The molecule has 2 atom stereocenters. The van der Waals surface area contributed by atoms with E-state index < -0.39 is 0 Å². The van der Waals surface area contributed by atoms with Gasteiger partial charge < -0.3 is 15.2 Å². The van der Waals surface area contributed by atoms with Gasteiger partial charge in [0.05, 0.1) is 18.4 Å². The number of thioether (sulfide) groups is 1. The lowest BCUT2D eigenvalue weighted by Gasteiger charge is -2.06. The molecule has 2 aliphatic heterocycles. The highest BCUT2D eigenvalue weighted by molar-refractivity contribution is 7.99. The molecule has 6 heteroatoms. The van der Waals surface area contributed by atoms with Crippen LogP contribution in [0.15, 0.2) is 29.2 Å². The Bertz CT molecular complexity index is 658. The maximum Gasteiger partial charge on any atom is 0.152 e. The van der Waals surface area contributed by atoms with Gasteiger partial charge in [-0.25, -0.2) is 0 Å². The number of aromatic nitrogens is 2. The number of fused-ring (bicyclic) bond motifs is 1. The maximum atomic E-state index is 9.52. The molecule has 1 fully saturated rings. The molecule has 1 aromatic heterocycles. The van der Waals surface area contributed by atoms with Crippen molar-refractivity contribution in [2.24, 2.45) is 0 Å². The summed E-state index contributed by atoms with van der Waals surface area (Å²) >= 11 is 1.91. The monoisotopic (exact) mass is 303 g/mol. The lowest BCUT2D eigenvalue weighted by atomic mass is 10.1. The maximum absolute atomic E-state index is 9.52. The van der Waals surface area contributed by atoms with Gasteiger partial charge >= 0.3 is 0 Å². The van der Waals surface area contributed by atoms with Crippen LogP contribution in [-0.2, 0) is 11.2 Å². The summed E-state index contributed by atoms with van der Waals surface area (Å²) in [5.74, 6) is 1.95. The summed E-state index contributed by atoms with van der Waals surface area (Å²) in [5.41, 5.74) is 3.37. The molecule has 2 aromatic rings. The van der Waals surface area contributed by atoms with Gasteiger partial charge in [-0.05, 0) is 30.2 Å². The number of anilines is 2. The average Bonchev–Trinajstić information content (AvgIpc) is 3.18. The Kier molecular flexibility index (Phi) is 3.37. The molecular weight excluding hydrogens is 286 g/mol. The van der Waals surface area contributed by atoms with Crippen molar-refractivity contribution in [2.45, 2.75) is 29.9 Å². The molecule has 4 rings (SSSR count). The molecule has 3 heterocycles. The van der Waals surface area contributed by atoms with Gasteiger partial charge in [-0.15, -0.1) is 11.8 Å². The van der Waals surface area contributed by atoms with Gasteiger partial charge in [0.1, 0.15) is 6.10 Å². The van der Waals surface area contributed by atoms with Crippen molar-refractivity contribution >= 4 is 23.3 Å². The van der Waals surface area contributed by atoms with Gasteiger partial charge in [-0.2, -0.15) is 5.10 Å². The Morgan fingerprint density at radius 1 is 1.38 bits per heavy atom. The number of hydrogen-bond acceptors (Lipinski definition) is 5. The third-order valence-corrected chi connectivity index (χ3v) is 5.00. The van der Waals surface area contributed by atoms with Crippen molar-refractivity contribution in [1.29, 1.82) is 0 Å². The summed E-state index contributed by atoms with van der Waals surface area (Å²) < 4.78 is 5.52. The van der Waals surface area contributed by atoms with Crippen LogP contribution in [0.2, 0.25) is 0 Å². The second-order valence-corrected chi connectivity index (χ2v) is 6.60. The van der Waals surface area contributed by atoms with E-state index in [4.69, 9.17) is 4.74 Å². The van der Waals surface area contributed by atoms with Crippen molar-refractivity contribution in [3.8, 4) is 0 Å². The number of rotatable bonds is 3. The zero-order valence-electron chi connectivity index (χ0n) is 11.5. The number of nitrogens with zero attached hydrogens (tertiary/aromatic N) is 1. The van der Waals surface area contributed by atoms with Crippen molar-refractivity contribution < 1.29 is 9.84 Å². The molecule has 1 aromatic carbocycles. The van der Waals surface area contributed by atoms with Crippen LogP contribution in [0.3, 0.4) is 0 Å². The van der Waals surface area contributed by atoms with E-state index in [9.17, 15) is 5.11 Å². The molecule has 2 unspecified atom stereocenters. The van der Waals surface area contributed by atoms with E-state index in [1.54, 1.807) is 0 Å². The van der Waals surface area contributed by atoms with E-state index in [1.807, 2.05) is 17.8 Å². The molecule has 21 heavy (non-hydrogen) atoms. The number of aliphatic hydroxyl groups excluding tert-OH is 1. The number of H-pyrrole nitrogens is 1. The van der Waals surface area contributed by atoms with Crippen molar-refractivity contribution in [3.05, 3.63) is 35.5 Å². The van der Waals surface area contributed by atoms with Gasteiger partial charge in [0, 0.05) is 28.8 Å². The van der Waals surface area contributed by atoms with Crippen LogP contribution < -0.4 is 5.32 Å². The normalized spacial score (nSPS) is 24.2. The van der Waals surface area contributed by atoms with Crippen LogP contribution in [0.25, 0.3) is 0 Å². The minimum absolute atomic E-state index is 0.0838. The van der Waals surface area contributed by atoms with Crippen LogP contribution in [-0.4, -0.2) is 33.8 Å². The van der Waals surface area contributed by atoms with Gasteiger partial charge in [-0.1, -0.05) is 0 Å². The van der Waals surface area contributed by atoms with E-state index in [0.717, 1.165) is 23.6 Å². The van der Waals surface area contributed by atoms with Gasteiger partial charge in [-0.3, -0.25) is 5.10 Å². The lowest BCUT2D eigenvalue weighted by Crippen LogP contribution is -2.03. The number of aromatic amines is 1. The minimum atomic E-state index is -0.371. The Labute approximate surface area is 127 Å². The summed E-state index contributed by atoms with van der Waals surface area (Å²) in [5, 5.41) is 20.1. The first-order valence-electron chi connectivity index (χ1n) is 7.15. The Balaban J connectivity index is 1.49. The molecule has 110 valence electrons. The van der Waals surface area contributed by atoms with E-state index in [1.165, 1.54) is 16.2 Å². The topological polar surface area (TPSA) is 70.2 Å². The second kappa shape index (κ2) is 5.36. The van der Waals surface area contributed by atoms with Gasteiger partial charge in [0.25, 0.3) is 0 Å². The van der Waals surface area contributed by atoms with Crippen LogP contribution in [0.4, 0.5) is 11.5 Å². The predicted molar refractivity (Wildman–Crippen MR) is 82.1 cm³/mol. The number of aryl methyl sites for hydroxylation is 1. The molecule has 0 aliphatic carbocycles. The molecular formula is C15H17N3O2S. The molecule has 2 aliphatic rings. The minimum Gasteiger partial charge on any atom is -0.391 e. The van der Waals surface area contributed by atoms with Crippen molar-refractivity contribution in [1.82, 2.24) is 10.2 Å². The number of aliphatic hydroxyl groups is 1. The molecule has 5 nitrogen and oxygen atoms in total. The Hall–Kier alpha value is -1.50. The summed E-state index contributed by atoms with van der Waals surface area (Å²) in [4.78, 5) is 1.39. The van der Waals surface area contributed by atoms with Gasteiger partial charge in [0.15, 0.2) is 5.82 Å². The van der Waals surface area contributed by atoms with Crippen molar-refractivity contribution in [2.75, 3.05) is 17.7 Å². The molecule has 0 amide bonds. The zero-order valence-corrected chi connectivity index (χ0v) is 12.3. The Morgan fingerprint density at radius 2 is 2.33 bits per heavy atom. The Morgan fingerprint density at radius 3 is 3.19 bits per heavy atom. The second-order valence-electron chi connectivity index (χ2n) is 5.47. The SMILES string of the molecule is OC1COC(c2cc(Nc3ccc4c(c3)CCS4)n[nH]2)C1. The zero-order chi connectivity index (χ0) is 14.2. The highest BCUT2D eigenvalue weighted by Crippen LogP contribution is 2.34. The van der Waals surface area contributed by atoms with Crippen LogP contribution in [0, 0.1) is 0 Å². The highest BCUT2D eigenvalue weighted by Gasteiger charge is 2.26. The van der Waals surface area contributed by atoms with Gasteiger partial charge in [0.2, 0.25) is 0 Å². The summed E-state index contributed by atoms with van der Waals surface area (Å²) in [6, 6.07) is 8.39. The highest BCUT2D eigenvalue weighted by atomic mass is 32.2. The quantitative estimate of drug-likeness (QED) is 0.813. The third-order valence-electron chi connectivity index (χ3n) is 3.88. The van der Waals surface area contributed by atoms with E-state index in [-0.39, 0.29) is 12.2 Å². The first-order chi connectivity index (χ1) is 10.3. The smallest absolute Gasteiger partial charge is 0.152 e. The standard InChI is InChI=1S/C15H17N3O2S/c19-11-6-13(20-8-11)12-7-15(18-17-12)16-10-1-2-14-9(5-10)3-4-21-14/h1-2,5,7,11,13,19H,3-4,6,8H2,(H2,16,17,18).